The minimum Gasteiger partial charge on any atom is -0.169 e. The van der Waals surface area contributed by atoms with Crippen LogP contribution in [0.2, 0.25) is 0 Å². The zero-order valence-corrected chi connectivity index (χ0v) is 9.99. The van der Waals surface area contributed by atoms with E-state index in [0.717, 1.165) is 24.0 Å². The predicted molar refractivity (Wildman–Crippen MR) is 59.8 cm³/mol. The Labute approximate surface area is 98.4 Å². The summed E-state index contributed by atoms with van der Waals surface area (Å²) in [6.45, 7) is 3.91. The van der Waals surface area contributed by atoms with Gasteiger partial charge in [0, 0.05) is 0 Å². The molecule has 0 spiro atoms. The summed E-state index contributed by atoms with van der Waals surface area (Å²) in [5, 5.41) is -1.91. The Balaban J connectivity index is 3.08. The molecule has 1 aromatic rings. The second-order valence-corrected chi connectivity index (χ2v) is 4.08. The van der Waals surface area contributed by atoms with Gasteiger partial charge in [-0.2, -0.15) is 13.2 Å². The number of benzene rings is 1. The van der Waals surface area contributed by atoms with Gasteiger partial charge < -0.3 is 0 Å². The van der Waals surface area contributed by atoms with E-state index in [9.17, 15) is 13.2 Å². The van der Waals surface area contributed by atoms with Crippen LogP contribution in [-0.4, -0.2) is 6.18 Å². The summed E-state index contributed by atoms with van der Waals surface area (Å²) >= 11 is 5.38. The van der Waals surface area contributed by atoms with Crippen LogP contribution in [0.1, 0.15) is 35.9 Å². The molecule has 0 aliphatic heterocycles. The maximum Gasteiger partial charge on any atom is 0.408 e. The highest BCUT2D eigenvalue weighted by molar-refractivity contribution is 6.21. The van der Waals surface area contributed by atoms with Crippen LogP contribution in [0, 0.1) is 0 Å². The Hall–Kier alpha value is -0.700. The van der Waals surface area contributed by atoms with Gasteiger partial charge in [-0.1, -0.05) is 32.0 Å². The Morgan fingerprint density at radius 3 is 2.12 bits per heavy atom. The van der Waals surface area contributed by atoms with Crippen LogP contribution in [0.3, 0.4) is 0 Å². The van der Waals surface area contributed by atoms with Gasteiger partial charge in [0.1, 0.15) is 0 Å². The predicted octanol–water partition coefficient (Wildman–Crippen LogP) is 4.65. The molecule has 1 atom stereocenters. The molecule has 16 heavy (non-hydrogen) atoms. The molecule has 0 aromatic heterocycles. The van der Waals surface area contributed by atoms with E-state index in [0.29, 0.717) is 0 Å². The highest BCUT2D eigenvalue weighted by atomic mass is 35.5. The van der Waals surface area contributed by atoms with E-state index in [2.05, 4.69) is 0 Å². The molecule has 90 valence electrons. The van der Waals surface area contributed by atoms with E-state index >= 15 is 0 Å². The van der Waals surface area contributed by atoms with Gasteiger partial charge in [-0.25, -0.2) is 0 Å². The fourth-order valence-electron chi connectivity index (χ4n) is 1.67. The van der Waals surface area contributed by atoms with Crippen molar-refractivity contribution >= 4 is 11.6 Å². The first-order valence-corrected chi connectivity index (χ1v) is 5.66. The second-order valence-electron chi connectivity index (χ2n) is 3.64. The van der Waals surface area contributed by atoms with Crippen LogP contribution in [0.4, 0.5) is 13.2 Å². The summed E-state index contributed by atoms with van der Waals surface area (Å²) in [5.74, 6) is 0. The van der Waals surface area contributed by atoms with Gasteiger partial charge in [0.15, 0.2) is 5.38 Å². The highest BCUT2D eigenvalue weighted by Gasteiger charge is 2.39. The summed E-state index contributed by atoms with van der Waals surface area (Å²) in [7, 11) is 0. The van der Waals surface area contributed by atoms with E-state index in [4.69, 9.17) is 11.6 Å². The van der Waals surface area contributed by atoms with Crippen LogP contribution in [0.25, 0.3) is 0 Å². The topological polar surface area (TPSA) is 0 Å². The summed E-state index contributed by atoms with van der Waals surface area (Å²) in [4.78, 5) is 0. The molecule has 0 radical (unpaired) electrons. The highest BCUT2D eigenvalue weighted by Crippen LogP contribution is 2.38. The normalized spacial score (nSPS) is 13.9. The molecule has 1 unspecified atom stereocenters. The van der Waals surface area contributed by atoms with Crippen LogP contribution < -0.4 is 0 Å². The molecule has 1 rings (SSSR count). The third kappa shape index (κ3) is 2.91. The summed E-state index contributed by atoms with van der Waals surface area (Å²) in [6, 6.07) is 4.75. The van der Waals surface area contributed by atoms with Gasteiger partial charge in [-0.05, 0) is 29.5 Å². The maximum absolute atomic E-state index is 12.4. The van der Waals surface area contributed by atoms with Gasteiger partial charge in [0.05, 0.1) is 0 Å². The Kier molecular flexibility index (Phi) is 4.25. The standard InChI is InChI=1S/C12H14ClF3/c1-3-8-5-6-10(7-9(8)4-2)11(13)12(14,15)16/h5-7,11H,3-4H2,1-2H3. The minimum atomic E-state index is -4.39. The first-order valence-electron chi connectivity index (χ1n) is 5.22. The molecule has 0 bridgehead atoms. The minimum absolute atomic E-state index is 0.128. The van der Waals surface area contributed by atoms with Gasteiger partial charge in [-0.15, -0.1) is 11.6 Å². The molecule has 0 amide bonds. The van der Waals surface area contributed by atoms with Crippen LogP contribution in [0.5, 0.6) is 0 Å². The molecule has 0 aliphatic rings. The fourth-order valence-corrected chi connectivity index (χ4v) is 1.80. The van der Waals surface area contributed by atoms with Crippen molar-refractivity contribution in [1.29, 1.82) is 0 Å². The van der Waals surface area contributed by atoms with Gasteiger partial charge in [0.25, 0.3) is 0 Å². The quantitative estimate of drug-likeness (QED) is 0.685. The van der Waals surface area contributed by atoms with Gasteiger partial charge in [0.2, 0.25) is 0 Å². The SMILES string of the molecule is CCc1ccc(C(Cl)C(F)(F)F)cc1CC. The van der Waals surface area contributed by atoms with E-state index in [1.54, 1.807) is 12.1 Å². The monoisotopic (exact) mass is 250 g/mol. The molecule has 0 nitrogen and oxygen atoms in total. The number of halogens is 4. The van der Waals surface area contributed by atoms with Crippen LogP contribution >= 0.6 is 11.6 Å². The first kappa shape index (κ1) is 13.4. The number of rotatable bonds is 3. The number of hydrogen-bond acceptors (Lipinski definition) is 0. The lowest BCUT2D eigenvalue weighted by Crippen LogP contribution is -2.16. The van der Waals surface area contributed by atoms with Crippen LogP contribution in [0.15, 0.2) is 18.2 Å². The molecule has 1 aromatic carbocycles. The summed E-state index contributed by atoms with van der Waals surface area (Å²) < 4.78 is 37.3. The molecule has 0 saturated carbocycles. The molecule has 0 aliphatic carbocycles. The van der Waals surface area contributed by atoms with Crippen LogP contribution in [-0.2, 0) is 12.8 Å². The molecule has 0 saturated heterocycles. The third-order valence-corrected chi connectivity index (χ3v) is 3.07. The van der Waals surface area contributed by atoms with Crippen molar-refractivity contribution in [3.05, 3.63) is 34.9 Å². The molecule has 0 fully saturated rings. The van der Waals surface area contributed by atoms with Crippen molar-refractivity contribution in [3.8, 4) is 0 Å². The zero-order chi connectivity index (χ0) is 12.3. The van der Waals surface area contributed by atoms with Crippen molar-refractivity contribution in [2.75, 3.05) is 0 Å². The molecular formula is C12H14ClF3. The van der Waals surface area contributed by atoms with E-state index in [-0.39, 0.29) is 5.56 Å². The number of alkyl halides is 4. The Morgan fingerprint density at radius 2 is 1.69 bits per heavy atom. The van der Waals surface area contributed by atoms with Crippen molar-refractivity contribution < 1.29 is 13.2 Å². The van der Waals surface area contributed by atoms with Crippen molar-refractivity contribution in [2.24, 2.45) is 0 Å². The van der Waals surface area contributed by atoms with E-state index in [1.807, 2.05) is 13.8 Å². The summed E-state index contributed by atoms with van der Waals surface area (Å²) in [5.41, 5.74) is 2.15. The lowest BCUT2D eigenvalue weighted by Gasteiger charge is -2.16. The molecule has 0 heterocycles. The van der Waals surface area contributed by atoms with E-state index < -0.39 is 11.6 Å². The van der Waals surface area contributed by atoms with Gasteiger partial charge >= 0.3 is 6.18 Å². The smallest absolute Gasteiger partial charge is 0.169 e. The number of hydrogen-bond donors (Lipinski definition) is 0. The Morgan fingerprint density at radius 1 is 1.12 bits per heavy atom. The average Bonchev–Trinajstić information content (AvgIpc) is 2.25. The zero-order valence-electron chi connectivity index (χ0n) is 9.24. The van der Waals surface area contributed by atoms with Crippen molar-refractivity contribution in [2.45, 2.75) is 38.2 Å². The Bertz CT molecular complexity index is 358. The number of aryl methyl sites for hydroxylation is 2. The third-order valence-electron chi connectivity index (χ3n) is 2.57. The molecule has 0 N–H and O–H groups in total. The molecule has 4 heteroatoms. The lowest BCUT2D eigenvalue weighted by molar-refractivity contribution is -0.131. The first-order chi connectivity index (χ1) is 7.40. The van der Waals surface area contributed by atoms with Crippen molar-refractivity contribution in [1.82, 2.24) is 0 Å². The van der Waals surface area contributed by atoms with E-state index in [1.165, 1.54) is 6.07 Å². The van der Waals surface area contributed by atoms with Gasteiger partial charge in [-0.3, -0.25) is 0 Å². The maximum atomic E-state index is 12.4. The lowest BCUT2D eigenvalue weighted by atomic mass is 9.98. The average molecular weight is 251 g/mol. The summed E-state index contributed by atoms with van der Waals surface area (Å²) in [6.07, 6.45) is -2.85. The largest absolute Gasteiger partial charge is 0.408 e. The second kappa shape index (κ2) is 5.09. The molecular weight excluding hydrogens is 237 g/mol. The van der Waals surface area contributed by atoms with Crippen molar-refractivity contribution in [3.63, 3.8) is 0 Å². The fraction of sp³-hybridized carbons (Fsp3) is 0.500.